The highest BCUT2D eigenvalue weighted by Crippen LogP contribution is 2.30. The highest BCUT2D eigenvalue weighted by atomic mass is 19.1. The highest BCUT2D eigenvalue weighted by molar-refractivity contribution is 5.20. The third-order valence-electron chi connectivity index (χ3n) is 3.64. The molecule has 1 aliphatic rings. The molecular formula is C15H17FN2O. The largest absolute Gasteiger partial charge is 0.444 e. The minimum absolute atomic E-state index is 0.215. The van der Waals surface area contributed by atoms with Crippen LogP contribution in [0.1, 0.15) is 36.1 Å². The van der Waals surface area contributed by atoms with E-state index in [-0.39, 0.29) is 5.82 Å². The molecule has 2 aromatic rings. The minimum atomic E-state index is -0.215. The Morgan fingerprint density at radius 3 is 3.11 bits per heavy atom. The summed E-state index contributed by atoms with van der Waals surface area (Å²) in [5.41, 5.74) is 0.905. The molecule has 1 aromatic heterocycles. The summed E-state index contributed by atoms with van der Waals surface area (Å²) in [4.78, 5) is 6.63. The first kappa shape index (κ1) is 12.4. The number of aromatic nitrogens is 1. The van der Waals surface area contributed by atoms with Crippen LogP contribution in [-0.4, -0.2) is 23.5 Å². The maximum absolute atomic E-state index is 13.1. The van der Waals surface area contributed by atoms with E-state index in [0.717, 1.165) is 30.2 Å². The average Bonchev–Trinajstić information content (AvgIpc) is 2.98. The molecule has 1 aliphatic heterocycles. The molecule has 1 aromatic carbocycles. The van der Waals surface area contributed by atoms with Gasteiger partial charge in [0.1, 0.15) is 11.6 Å². The van der Waals surface area contributed by atoms with Crippen LogP contribution >= 0.6 is 0 Å². The molecule has 3 nitrogen and oxygen atoms in total. The van der Waals surface area contributed by atoms with Gasteiger partial charge in [-0.25, -0.2) is 9.37 Å². The van der Waals surface area contributed by atoms with Crippen molar-refractivity contribution in [3.05, 3.63) is 53.5 Å². The summed E-state index contributed by atoms with van der Waals surface area (Å²) in [6.07, 6.45) is 4.62. The zero-order valence-corrected chi connectivity index (χ0v) is 11.0. The molecule has 0 N–H and O–H groups in total. The monoisotopic (exact) mass is 260 g/mol. The summed E-state index contributed by atoms with van der Waals surface area (Å²) in [6, 6.07) is 6.88. The molecule has 1 atom stereocenters. The van der Waals surface area contributed by atoms with E-state index in [9.17, 15) is 4.39 Å². The number of rotatable bonds is 3. The molecule has 4 heteroatoms. The molecule has 0 radical (unpaired) electrons. The van der Waals surface area contributed by atoms with Gasteiger partial charge in [0, 0.05) is 6.42 Å². The normalized spacial score (nSPS) is 20.0. The van der Waals surface area contributed by atoms with E-state index in [1.165, 1.54) is 18.6 Å². The quantitative estimate of drug-likeness (QED) is 0.849. The SMILES string of the molecule is CN1CCC[C@@H]1c1ncc(Cc2cccc(F)c2)o1. The maximum Gasteiger partial charge on any atom is 0.211 e. The molecular weight excluding hydrogens is 243 g/mol. The van der Waals surface area contributed by atoms with E-state index < -0.39 is 0 Å². The number of halogens is 1. The van der Waals surface area contributed by atoms with Crippen molar-refractivity contribution in [2.75, 3.05) is 13.6 Å². The lowest BCUT2D eigenvalue weighted by Crippen LogP contribution is -2.17. The fraction of sp³-hybridized carbons (Fsp3) is 0.400. The van der Waals surface area contributed by atoms with Crippen LogP contribution < -0.4 is 0 Å². The molecule has 1 saturated heterocycles. The first-order chi connectivity index (χ1) is 9.22. The molecule has 0 aliphatic carbocycles. The summed E-state index contributed by atoms with van der Waals surface area (Å²) in [6.45, 7) is 1.09. The van der Waals surface area contributed by atoms with Crippen molar-refractivity contribution in [3.8, 4) is 0 Å². The molecule has 1 fully saturated rings. The topological polar surface area (TPSA) is 29.3 Å². The summed E-state index contributed by atoms with van der Waals surface area (Å²) in [7, 11) is 2.09. The molecule has 19 heavy (non-hydrogen) atoms. The van der Waals surface area contributed by atoms with Gasteiger partial charge in [-0.15, -0.1) is 0 Å². The molecule has 0 amide bonds. The average molecular weight is 260 g/mol. The Bertz CT molecular complexity index is 567. The van der Waals surface area contributed by atoms with E-state index in [4.69, 9.17) is 4.42 Å². The number of nitrogens with zero attached hydrogens (tertiary/aromatic N) is 2. The molecule has 2 heterocycles. The van der Waals surface area contributed by atoms with Gasteiger partial charge in [0.25, 0.3) is 0 Å². The molecule has 0 bridgehead atoms. The van der Waals surface area contributed by atoms with Gasteiger partial charge in [-0.2, -0.15) is 0 Å². The Morgan fingerprint density at radius 2 is 2.37 bits per heavy atom. The van der Waals surface area contributed by atoms with Crippen molar-refractivity contribution >= 4 is 0 Å². The second kappa shape index (κ2) is 5.13. The molecule has 0 unspecified atom stereocenters. The van der Waals surface area contributed by atoms with Gasteiger partial charge < -0.3 is 4.42 Å². The third-order valence-corrected chi connectivity index (χ3v) is 3.64. The second-order valence-electron chi connectivity index (χ2n) is 5.11. The lowest BCUT2D eigenvalue weighted by atomic mass is 10.1. The second-order valence-corrected chi connectivity index (χ2v) is 5.11. The fourth-order valence-corrected chi connectivity index (χ4v) is 2.63. The van der Waals surface area contributed by atoms with Crippen LogP contribution in [0.5, 0.6) is 0 Å². The van der Waals surface area contributed by atoms with Crippen molar-refractivity contribution in [2.45, 2.75) is 25.3 Å². The fourth-order valence-electron chi connectivity index (χ4n) is 2.63. The van der Waals surface area contributed by atoms with Crippen LogP contribution in [0.25, 0.3) is 0 Å². The van der Waals surface area contributed by atoms with Gasteiger partial charge in [-0.1, -0.05) is 12.1 Å². The zero-order valence-electron chi connectivity index (χ0n) is 11.0. The van der Waals surface area contributed by atoms with Gasteiger partial charge in [0.05, 0.1) is 12.2 Å². The van der Waals surface area contributed by atoms with Crippen LogP contribution in [0.2, 0.25) is 0 Å². The van der Waals surface area contributed by atoms with Gasteiger partial charge in [0.2, 0.25) is 5.89 Å². The number of hydrogen-bond donors (Lipinski definition) is 0. The van der Waals surface area contributed by atoms with Crippen LogP contribution in [0, 0.1) is 5.82 Å². The van der Waals surface area contributed by atoms with Gasteiger partial charge >= 0.3 is 0 Å². The van der Waals surface area contributed by atoms with Gasteiger partial charge in [-0.05, 0) is 44.1 Å². The smallest absolute Gasteiger partial charge is 0.211 e. The number of benzene rings is 1. The van der Waals surface area contributed by atoms with Crippen molar-refractivity contribution in [3.63, 3.8) is 0 Å². The van der Waals surface area contributed by atoms with E-state index in [2.05, 4.69) is 16.9 Å². The van der Waals surface area contributed by atoms with Gasteiger partial charge in [0.15, 0.2) is 0 Å². The predicted octanol–water partition coefficient (Wildman–Crippen LogP) is 3.17. The van der Waals surface area contributed by atoms with E-state index >= 15 is 0 Å². The first-order valence-electron chi connectivity index (χ1n) is 6.61. The van der Waals surface area contributed by atoms with Crippen molar-refractivity contribution in [2.24, 2.45) is 0 Å². The van der Waals surface area contributed by atoms with Crippen LogP contribution in [0.4, 0.5) is 4.39 Å². The third kappa shape index (κ3) is 2.68. The van der Waals surface area contributed by atoms with Crippen LogP contribution in [0.15, 0.2) is 34.9 Å². The van der Waals surface area contributed by atoms with Gasteiger partial charge in [-0.3, -0.25) is 4.90 Å². The Hall–Kier alpha value is -1.68. The van der Waals surface area contributed by atoms with Crippen LogP contribution in [0.3, 0.4) is 0 Å². The molecule has 3 rings (SSSR count). The number of likely N-dealkylation sites (tertiary alicyclic amines) is 1. The molecule has 0 spiro atoms. The summed E-state index contributed by atoms with van der Waals surface area (Å²) in [5.74, 6) is 1.36. The molecule has 0 saturated carbocycles. The van der Waals surface area contributed by atoms with E-state index in [1.54, 1.807) is 12.3 Å². The summed E-state index contributed by atoms with van der Waals surface area (Å²) in [5, 5.41) is 0. The summed E-state index contributed by atoms with van der Waals surface area (Å²) < 4.78 is 18.9. The minimum Gasteiger partial charge on any atom is -0.444 e. The lowest BCUT2D eigenvalue weighted by Gasteiger charge is -2.15. The predicted molar refractivity (Wildman–Crippen MR) is 70.3 cm³/mol. The Balaban J connectivity index is 1.74. The number of oxazole rings is 1. The van der Waals surface area contributed by atoms with Crippen LogP contribution in [-0.2, 0) is 6.42 Å². The highest BCUT2D eigenvalue weighted by Gasteiger charge is 2.26. The standard InChI is InChI=1S/C15H17FN2O/c1-18-7-3-6-14(18)15-17-10-13(19-15)9-11-4-2-5-12(16)8-11/h2,4-5,8,10,14H,3,6-7,9H2,1H3/t14-/m1/s1. The van der Waals surface area contributed by atoms with Crippen molar-refractivity contribution in [1.82, 2.24) is 9.88 Å². The summed E-state index contributed by atoms with van der Waals surface area (Å²) >= 11 is 0. The first-order valence-corrected chi connectivity index (χ1v) is 6.61. The van der Waals surface area contributed by atoms with E-state index in [1.807, 2.05) is 6.07 Å². The Labute approximate surface area is 112 Å². The Kier molecular flexibility index (Phi) is 3.34. The van der Waals surface area contributed by atoms with Crippen molar-refractivity contribution < 1.29 is 8.81 Å². The molecule has 100 valence electrons. The lowest BCUT2D eigenvalue weighted by molar-refractivity contribution is 0.264. The zero-order chi connectivity index (χ0) is 13.2. The Morgan fingerprint density at radius 1 is 1.47 bits per heavy atom. The number of hydrogen-bond acceptors (Lipinski definition) is 3. The maximum atomic E-state index is 13.1. The van der Waals surface area contributed by atoms with Crippen molar-refractivity contribution in [1.29, 1.82) is 0 Å². The van der Waals surface area contributed by atoms with E-state index in [0.29, 0.717) is 12.5 Å².